The fourth-order valence-electron chi connectivity index (χ4n) is 3.21. The van der Waals surface area contributed by atoms with Crippen LogP contribution in [0.2, 0.25) is 0 Å². The number of thioether (sulfide) groups is 1. The quantitative estimate of drug-likeness (QED) is 0.835. The molecule has 2 heterocycles. The van der Waals surface area contributed by atoms with Crippen LogP contribution < -0.4 is 10.1 Å². The number of urea groups is 1. The second-order valence-electron chi connectivity index (χ2n) is 6.48. The third kappa shape index (κ3) is 4.72. The molecule has 1 saturated heterocycles. The van der Waals surface area contributed by atoms with Crippen LogP contribution in [0.1, 0.15) is 18.5 Å². The second kappa shape index (κ2) is 8.98. The topological polar surface area (TPSA) is 67.6 Å². The summed E-state index contributed by atoms with van der Waals surface area (Å²) in [6, 6.07) is 9.43. The first kappa shape index (κ1) is 18.6. The number of nitrogens with one attached hydrogen (secondary N) is 1. The molecule has 3 rings (SSSR count). The van der Waals surface area contributed by atoms with Crippen LogP contribution in [0.15, 0.2) is 34.9 Å². The van der Waals surface area contributed by atoms with Gasteiger partial charge in [-0.25, -0.2) is 4.79 Å². The molecule has 2 amide bonds. The highest BCUT2D eigenvalue weighted by atomic mass is 32.2. The van der Waals surface area contributed by atoms with Crippen molar-refractivity contribution in [1.29, 1.82) is 0 Å². The van der Waals surface area contributed by atoms with E-state index in [1.807, 2.05) is 47.0 Å². The summed E-state index contributed by atoms with van der Waals surface area (Å²) < 4.78 is 10.6. The Morgan fingerprint density at radius 3 is 3.15 bits per heavy atom. The molecule has 7 heteroatoms. The van der Waals surface area contributed by atoms with E-state index in [1.54, 1.807) is 7.11 Å². The Morgan fingerprint density at radius 2 is 2.35 bits per heavy atom. The molecule has 0 unspecified atom stereocenters. The molecular weight excluding hydrogens is 350 g/mol. The Morgan fingerprint density at radius 1 is 1.46 bits per heavy atom. The highest BCUT2D eigenvalue weighted by Crippen LogP contribution is 2.24. The van der Waals surface area contributed by atoms with Crippen LogP contribution in [0.4, 0.5) is 4.79 Å². The van der Waals surface area contributed by atoms with Crippen molar-refractivity contribution in [3.05, 3.63) is 36.0 Å². The summed E-state index contributed by atoms with van der Waals surface area (Å²) in [4.78, 5) is 14.3. The van der Waals surface area contributed by atoms with E-state index in [4.69, 9.17) is 9.26 Å². The monoisotopic (exact) mass is 375 g/mol. The highest BCUT2D eigenvalue weighted by molar-refractivity contribution is 7.98. The van der Waals surface area contributed by atoms with Crippen molar-refractivity contribution in [3.8, 4) is 17.1 Å². The number of amides is 2. The lowest BCUT2D eigenvalue weighted by molar-refractivity contribution is 0.170. The third-order valence-corrected chi connectivity index (χ3v) is 5.35. The molecule has 0 radical (unpaired) electrons. The predicted molar refractivity (Wildman–Crippen MR) is 103 cm³/mol. The molecule has 2 aromatic rings. The van der Waals surface area contributed by atoms with E-state index in [0.717, 1.165) is 36.6 Å². The number of nitrogens with zero attached hydrogens (tertiary/aromatic N) is 2. The van der Waals surface area contributed by atoms with Crippen LogP contribution in [0.5, 0.6) is 5.75 Å². The van der Waals surface area contributed by atoms with E-state index in [-0.39, 0.29) is 6.03 Å². The van der Waals surface area contributed by atoms with Gasteiger partial charge in [0.1, 0.15) is 11.4 Å². The maximum Gasteiger partial charge on any atom is 0.317 e. The van der Waals surface area contributed by atoms with E-state index >= 15 is 0 Å². The van der Waals surface area contributed by atoms with E-state index < -0.39 is 0 Å². The zero-order valence-corrected chi connectivity index (χ0v) is 16.1. The van der Waals surface area contributed by atoms with E-state index in [1.165, 1.54) is 6.42 Å². The molecule has 0 saturated carbocycles. The summed E-state index contributed by atoms with van der Waals surface area (Å²) in [5.41, 5.74) is 1.60. The second-order valence-corrected chi connectivity index (χ2v) is 7.39. The summed E-state index contributed by atoms with van der Waals surface area (Å²) in [6.07, 6.45) is 4.39. The van der Waals surface area contributed by atoms with Crippen molar-refractivity contribution in [2.75, 3.05) is 32.2 Å². The number of hydrogen-bond donors (Lipinski definition) is 1. The Hall–Kier alpha value is -2.15. The van der Waals surface area contributed by atoms with Crippen LogP contribution in [0, 0.1) is 5.92 Å². The van der Waals surface area contributed by atoms with Gasteiger partial charge in [0.25, 0.3) is 0 Å². The van der Waals surface area contributed by atoms with Gasteiger partial charge < -0.3 is 19.5 Å². The standard InChI is InChI=1S/C19H25N3O3S/c1-24-17-7-3-6-15(9-17)18-10-16(21-25-18)11-20-19(23)22-8-4-5-14(12-22)13-26-2/h3,6-7,9-10,14H,4-5,8,11-13H2,1-2H3,(H,20,23)/t14-/m0/s1. The number of aromatic nitrogens is 1. The summed E-state index contributed by atoms with van der Waals surface area (Å²) >= 11 is 1.85. The lowest BCUT2D eigenvalue weighted by Gasteiger charge is -2.32. The number of carbonyl (C=O) groups is 1. The molecule has 26 heavy (non-hydrogen) atoms. The summed E-state index contributed by atoms with van der Waals surface area (Å²) in [5, 5.41) is 7.01. The Labute approximate surface area is 158 Å². The average Bonchev–Trinajstić information content (AvgIpc) is 3.16. The van der Waals surface area contributed by atoms with Crippen LogP contribution >= 0.6 is 11.8 Å². The summed E-state index contributed by atoms with van der Waals surface area (Å²) in [6.45, 7) is 2.02. The minimum absolute atomic E-state index is 0.0262. The number of methoxy groups -OCH3 is 1. The molecule has 0 bridgehead atoms. The minimum Gasteiger partial charge on any atom is -0.497 e. The van der Waals surface area contributed by atoms with Gasteiger partial charge in [-0.05, 0) is 42.9 Å². The number of rotatable bonds is 6. The maximum absolute atomic E-state index is 12.4. The Kier molecular flexibility index (Phi) is 6.44. The molecule has 1 aromatic carbocycles. The molecule has 6 nitrogen and oxygen atoms in total. The van der Waals surface area contributed by atoms with Crippen LogP contribution in [0.25, 0.3) is 11.3 Å². The van der Waals surface area contributed by atoms with Gasteiger partial charge >= 0.3 is 6.03 Å². The number of hydrogen-bond acceptors (Lipinski definition) is 5. The lowest BCUT2D eigenvalue weighted by atomic mass is 10.0. The highest BCUT2D eigenvalue weighted by Gasteiger charge is 2.23. The first-order valence-corrected chi connectivity index (χ1v) is 10.2. The first-order valence-electron chi connectivity index (χ1n) is 8.81. The van der Waals surface area contributed by atoms with Gasteiger partial charge in [0, 0.05) is 24.7 Å². The van der Waals surface area contributed by atoms with Gasteiger partial charge in [0.2, 0.25) is 0 Å². The van der Waals surface area contributed by atoms with Crippen LogP contribution in [-0.2, 0) is 6.54 Å². The maximum atomic E-state index is 12.4. The third-order valence-electron chi connectivity index (χ3n) is 4.54. The van der Waals surface area contributed by atoms with Crippen molar-refractivity contribution in [1.82, 2.24) is 15.4 Å². The fourth-order valence-corrected chi connectivity index (χ4v) is 3.95. The molecule has 1 atom stereocenters. The molecule has 1 fully saturated rings. The molecule has 1 N–H and O–H groups in total. The van der Waals surface area contributed by atoms with Gasteiger partial charge in [-0.2, -0.15) is 11.8 Å². The van der Waals surface area contributed by atoms with Crippen molar-refractivity contribution in [2.24, 2.45) is 5.92 Å². The molecule has 0 spiro atoms. The van der Waals surface area contributed by atoms with Crippen LogP contribution in [0.3, 0.4) is 0 Å². The van der Waals surface area contributed by atoms with Gasteiger partial charge in [-0.15, -0.1) is 0 Å². The Bertz CT molecular complexity index is 732. The SMILES string of the molecule is COc1cccc(-c2cc(CNC(=O)N3CCC[C@H](CSC)C3)no2)c1. The number of likely N-dealkylation sites (tertiary alicyclic amines) is 1. The number of carbonyl (C=O) groups excluding carboxylic acids is 1. The van der Waals surface area contributed by atoms with Crippen LogP contribution in [-0.4, -0.2) is 48.3 Å². The minimum atomic E-state index is -0.0262. The van der Waals surface area contributed by atoms with Crippen molar-refractivity contribution < 1.29 is 14.1 Å². The lowest BCUT2D eigenvalue weighted by Crippen LogP contribution is -2.45. The summed E-state index contributed by atoms with van der Waals surface area (Å²) in [5.74, 6) is 3.12. The fraction of sp³-hybridized carbons (Fsp3) is 0.474. The number of benzene rings is 1. The number of ether oxygens (including phenoxy) is 1. The zero-order chi connectivity index (χ0) is 18.4. The molecular formula is C19H25N3O3S. The van der Waals surface area contributed by atoms with Crippen molar-refractivity contribution >= 4 is 17.8 Å². The smallest absolute Gasteiger partial charge is 0.317 e. The van der Waals surface area contributed by atoms with E-state index in [9.17, 15) is 4.79 Å². The molecule has 1 aromatic heterocycles. The molecule has 0 aliphatic carbocycles. The molecule has 140 valence electrons. The normalized spacial score (nSPS) is 17.2. The predicted octanol–water partition coefficient (Wildman–Crippen LogP) is 3.63. The van der Waals surface area contributed by atoms with Gasteiger partial charge in [0.15, 0.2) is 5.76 Å². The largest absolute Gasteiger partial charge is 0.497 e. The average molecular weight is 375 g/mol. The molecule has 1 aliphatic rings. The first-order chi connectivity index (χ1) is 12.7. The summed E-state index contributed by atoms with van der Waals surface area (Å²) in [7, 11) is 1.63. The Balaban J connectivity index is 1.55. The molecule has 1 aliphatic heterocycles. The van der Waals surface area contributed by atoms with Gasteiger partial charge in [0.05, 0.1) is 13.7 Å². The van der Waals surface area contributed by atoms with Gasteiger partial charge in [-0.3, -0.25) is 0 Å². The van der Waals surface area contributed by atoms with Crippen molar-refractivity contribution in [3.63, 3.8) is 0 Å². The zero-order valence-electron chi connectivity index (χ0n) is 15.2. The van der Waals surface area contributed by atoms with E-state index in [0.29, 0.717) is 23.9 Å². The van der Waals surface area contributed by atoms with Crippen molar-refractivity contribution in [2.45, 2.75) is 19.4 Å². The van der Waals surface area contributed by atoms with E-state index in [2.05, 4.69) is 16.7 Å². The number of piperidine rings is 1. The van der Waals surface area contributed by atoms with Gasteiger partial charge in [-0.1, -0.05) is 17.3 Å².